The van der Waals surface area contributed by atoms with Gasteiger partial charge in [0.1, 0.15) is 0 Å². The van der Waals surface area contributed by atoms with E-state index in [4.69, 9.17) is 9.84 Å². The van der Waals surface area contributed by atoms with E-state index in [1.807, 2.05) is 26.0 Å². The maximum absolute atomic E-state index is 9.07. The summed E-state index contributed by atoms with van der Waals surface area (Å²) < 4.78 is 5.60. The van der Waals surface area contributed by atoms with Gasteiger partial charge in [0.25, 0.3) is 0 Å². The van der Waals surface area contributed by atoms with Crippen molar-refractivity contribution in [2.45, 2.75) is 27.4 Å². The smallest absolute Gasteiger partial charge is 0.0719 e. The molecule has 0 aliphatic carbocycles. The van der Waals surface area contributed by atoms with Crippen molar-refractivity contribution in [1.82, 2.24) is 0 Å². The molecule has 0 fully saturated rings. The molecule has 0 saturated carbocycles. The molecule has 0 aliphatic rings. The number of ether oxygens (including phenoxy) is 1. The summed E-state index contributed by atoms with van der Waals surface area (Å²) >= 11 is 0. The van der Waals surface area contributed by atoms with Crippen molar-refractivity contribution < 1.29 is 9.84 Å². The van der Waals surface area contributed by atoms with E-state index < -0.39 is 0 Å². The third-order valence-electron chi connectivity index (χ3n) is 2.44. The minimum atomic E-state index is -0.150. The van der Waals surface area contributed by atoms with Crippen LogP contribution in [-0.2, 0) is 11.3 Å². The largest absolute Gasteiger partial charge is 0.396 e. The second-order valence-electron chi connectivity index (χ2n) is 4.74. The second-order valence-corrected chi connectivity index (χ2v) is 4.74. The topological polar surface area (TPSA) is 29.5 Å². The molecule has 2 heteroatoms. The van der Waals surface area contributed by atoms with Gasteiger partial charge in [-0.15, -0.1) is 0 Å². The van der Waals surface area contributed by atoms with Crippen molar-refractivity contribution >= 4 is 0 Å². The fraction of sp³-hybridized carbons (Fsp3) is 0.538. The summed E-state index contributed by atoms with van der Waals surface area (Å²) in [5, 5.41) is 9.07. The van der Waals surface area contributed by atoms with Gasteiger partial charge in [-0.25, -0.2) is 0 Å². The molecule has 1 aromatic carbocycles. The Balaban J connectivity index is 2.42. The Hall–Kier alpha value is -0.860. The van der Waals surface area contributed by atoms with Crippen LogP contribution in [-0.4, -0.2) is 18.3 Å². The summed E-state index contributed by atoms with van der Waals surface area (Å²) in [7, 11) is 0. The molecular formula is C13H20O2. The van der Waals surface area contributed by atoms with Crippen LogP contribution in [0.3, 0.4) is 0 Å². The van der Waals surface area contributed by atoms with E-state index in [-0.39, 0.29) is 12.0 Å². The molecule has 0 bridgehead atoms. The Bertz CT molecular complexity index is 305. The van der Waals surface area contributed by atoms with Crippen molar-refractivity contribution in [2.24, 2.45) is 5.41 Å². The molecule has 0 heterocycles. The van der Waals surface area contributed by atoms with Crippen molar-refractivity contribution in [2.75, 3.05) is 13.2 Å². The van der Waals surface area contributed by atoms with E-state index in [1.165, 1.54) is 11.1 Å². The predicted molar refractivity (Wildman–Crippen MR) is 61.7 cm³/mol. The van der Waals surface area contributed by atoms with Gasteiger partial charge in [0, 0.05) is 5.41 Å². The normalized spacial score (nSPS) is 11.7. The van der Waals surface area contributed by atoms with Gasteiger partial charge < -0.3 is 9.84 Å². The molecule has 0 amide bonds. The molecule has 0 saturated heterocycles. The lowest BCUT2D eigenvalue weighted by atomic mass is 9.96. The quantitative estimate of drug-likeness (QED) is 0.805. The molecule has 84 valence electrons. The summed E-state index contributed by atoms with van der Waals surface area (Å²) in [4.78, 5) is 0. The first-order chi connectivity index (χ1) is 7.05. The predicted octanol–water partition coefficient (Wildman–Crippen LogP) is 2.53. The Morgan fingerprint density at radius 3 is 2.53 bits per heavy atom. The third-order valence-corrected chi connectivity index (χ3v) is 2.44. The van der Waals surface area contributed by atoms with Gasteiger partial charge in [-0.2, -0.15) is 0 Å². The SMILES string of the molecule is Cc1ccccc1COCC(C)(C)CO. The zero-order valence-electron chi connectivity index (χ0n) is 9.79. The molecule has 1 rings (SSSR count). The van der Waals surface area contributed by atoms with E-state index in [2.05, 4.69) is 19.1 Å². The minimum Gasteiger partial charge on any atom is -0.396 e. The fourth-order valence-electron chi connectivity index (χ4n) is 1.25. The molecule has 0 aromatic heterocycles. The van der Waals surface area contributed by atoms with Crippen molar-refractivity contribution in [3.05, 3.63) is 35.4 Å². The Morgan fingerprint density at radius 2 is 1.93 bits per heavy atom. The van der Waals surface area contributed by atoms with Gasteiger partial charge in [0.15, 0.2) is 0 Å². The summed E-state index contributed by atoms with van der Waals surface area (Å²) in [6.45, 7) is 7.42. The average molecular weight is 208 g/mol. The standard InChI is InChI=1S/C13H20O2/c1-11-6-4-5-7-12(11)8-15-10-13(2,3)9-14/h4-7,14H,8-10H2,1-3H3. The highest BCUT2D eigenvalue weighted by molar-refractivity contribution is 5.24. The molecule has 1 N–H and O–H groups in total. The summed E-state index contributed by atoms with van der Waals surface area (Å²) in [6, 6.07) is 8.19. The van der Waals surface area contributed by atoms with E-state index in [0.717, 1.165) is 0 Å². The Morgan fingerprint density at radius 1 is 1.27 bits per heavy atom. The van der Waals surface area contributed by atoms with Crippen LogP contribution in [0.1, 0.15) is 25.0 Å². The maximum atomic E-state index is 9.07. The highest BCUT2D eigenvalue weighted by atomic mass is 16.5. The first-order valence-corrected chi connectivity index (χ1v) is 5.28. The lowest BCUT2D eigenvalue weighted by Crippen LogP contribution is -2.23. The molecule has 0 atom stereocenters. The van der Waals surface area contributed by atoms with Crippen LogP contribution in [0.4, 0.5) is 0 Å². The van der Waals surface area contributed by atoms with E-state index in [0.29, 0.717) is 13.2 Å². The van der Waals surface area contributed by atoms with Crippen molar-refractivity contribution in [3.63, 3.8) is 0 Å². The van der Waals surface area contributed by atoms with Gasteiger partial charge >= 0.3 is 0 Å². The Kier molecular flexibility index (Phi) is 4.30. The zero-order valence-corrected chi connectivity index (χ0v) is 9.79. The summed E-state index contributed by atoms with van der Waals surface area (Å²) in [5.74, 6) is 0. The Labute approximate surface area is 91.9 Å². The van der Waals surface area contributed by atoms with Gasteiger partial charge in [0.05, 0.1) is 19.8 Å². The number of benzene rings is 1. The van der Waals surface area contributed by atoms with Crippen LogP contribution in [0.25, 0.3) is 0 Å². The zero-order chi connectivity index (χ0) is 11.3. The first kappa shape index (κ1) is 12.2. The van der Waals surface area contributed by atoms with Crippen LogP contribution in [0.5, 0.6) is 0 Å². The number of aryl methyl sites for hydroxylation is 1. The minimum absolute atomic E-state index is 0.150. The van der Waals surface area contributed by atoms with Crippen molar-refractivity contribution in [1.29, 1.82) is 0 Å². The number of aliphatic hydroxyl groups excluding tert-OH is 1. The summed E-state index contributed by atoms with van der Waals surface area (Å²) in [5.41, 5.74) is 2.31. The molecule has 15 heavy (non-hydrogen) atoms. The maximum Gasteiger partial charge on any atom is 0.0719 e. The van der Waals surface area contributed by atoms with Crippen LogP contribution < -0.4 is 0 Å². The molecular weight excluding hydrogens is 188 g/mol. The lowest BCUT2D eigenvalue weighted by molar-refractivity contribution is 0.0196. The third kappa shape index (κ3) is 4.02. The average Bonchev–Trinajstić information content (AvgIpc) is 2.21. The molecule has 1 aromatic rings. The van der Waals surface area contributed by atoms with Gasteiger partial charge in [-0.1, -0.05) is 38.1 Å². The highest BCUT2D eigenvalue weighted by Gasteiger charge is 2.16. The molecule has 0 spiro atoms. The van der Waals surface area contributed by atoms with Gasteiger partial charge in [-0.3, -0.25) is 0 Å². The van der Waals surface area contributed by atoms with Crippen LogP contribution >= 0.6 is 0 Å². The van der Waals surface area contributed by atoms with Crippen LogP contribution in [0.15, 0.2) is 24.3 Å². The molecule has 0 unspecified atom stereocenters. The number of hydrogen-bond acceptors (Lipinski definition) is 2. The fourth-order valence-corrected chi connectivity index (χ4v) is 1.25. The number of hydrogen-bond donors (Lipinski definition) is 1. The molecule has 0 radical (unpaired) electrons. The van der Waals surface area contributed by atoms with Crippen LogP contribution in [0, 0.1) is 12.3 Å². The number of aliphatic hydroxyl groups is 1. The first-order valence-electron chi connectivity index (χ1n) is 5.28. The van der Waals surface area contributed by atoms with E-state index in [9.17, 15) is 0 Å². The van der Waals surface area contributed by atoms with E-state index in [1.54, 1.807) is 0 Å². The highest BCUT2D eigenvalue weighted by Crippen LogP contribution is 2.15. The van der Waals surface area contributed by atoms with Gasteiger partial charge in [-0.05, 0) is 18.1 Å². The molecule has 2 nitrogen and oxygen atoms in total. The van der Waals surface area contributed by atoms with Gasteiger partial charge in [0.2, 0.25) is 0 Å². The monoisotopic (exact) mass is 208 g/mol. The van der Waals surface area contributed by atoms with Crippen LogP contribution in [0.2, 0.25) is 0 Å². The number of rotatable bonds is 5. The molecule has 0 aliphatic heterocycles. The van der Waals surface area contributed by atoms with Crippen molar-refractivity contribution in [3.8, 4) is 0 Å². The lowest BCUT2D eigenvalue weighted by Gasteiger charge is -2.21. The second kappa shape index (κ2) is 5.29. The summed E-state index contributed by atoms with van der Waals surface area (Å²) in [6.07, 6.45) is 0. The van der Waals surface area contributed by atoms with E-state index >= 15 is 0 Å².